The summed E-state index contributed by atoms with van der Waals surface area (Å²) >= 11 is 0. The average Bonchev–Trinajstić information content (AvgIpc) is 2.72. The minimum Gasteiger partial charge on any atom is -0.414 e. The van der Waals surface area contributed by atoms with E-state index in [0.717, 1.165) is 12.8 Å². The molecule has 0 unspecified atom stereocenters. The van der Waals surface area contributed by atoms with Crippen LogP contribution in [0.1, 0.15) is 88.0 Å². The minimum absolute atomic E-state index is 0.0851. The Morgan fingerprint density at radius 3 is 2.04 bits per heavy atom. The van der Waals surface area contributed by atoms with E-state index in [0.29, 0.717) is 17.9 Å². The van der Waals surface area contributed by atoms with Crippen molar-refractivity contribution in [3.63, 3.8) is 0 Å². The molecule has 0 amide bonds. The summed E-state index contributed by atoms with van der Waals surface area (Å²) in [6.45, 7) is 25.7. The molecule has 0 aromatic rings. The van der Waals surface area contributed by atoms with Crippen molar-refractivity contribution in [2.24, 2.45) is 28.6 Å². The predicted molar refractivity (Wildman–Crippen MR) is 116 cm³/mol. The Labute approximate surface area is 165 Å². The van der Waals surface area contributed by atoms with E-state index >= 15 is 0 Å². The van der Waals surface area contributed by atoms with E-state index in [4.69, 9.17) is 4.43 Å². The van der Waals surface area contributed by atoms with Gasteiger partial charge in [-0.2, -0.15) is 0 Å². The summed E-state index contributed by atoms with van der Waals surface area (Å²) in [4.78, 5) is 11.5. The molecule has 3 heteroatoms. The van der Waals surface area contributed by atoms with E-state index in [1.807, 2.05) is 0 Å². The van der Waals surface area contributed by atoms with Crippen molar-refractivity contribution in [1.82, 2.24) is 0 Å². The van der Waals surface area contributed by atoms with Gasteiger partial charge in [-0.25, -0.2) is 0 Å². The molecule has 154 valence electrons. The number of aldehydes is 1. The minimum atomic E-state index is -1.74. The van der Waals surface area contributed by atoms with Crippen molar-refractivity contribution < 1.29 is 9.22 Å². The fourth-order valence-electron chi connectivity index (χ4n) is 4.50. The van der Waals surface area contributed by atoms with Gasteiger partial charge in [0.2, 0.25) is 0 Å². The van der Waals surface area contributed by atoms with Crippen LogP contribution in [-0.4, -0.2) is 20.7 Å². The van der Waals surface area contributed by atoms with Crippen molar-refractivity contribution in [2.45, 2.75) is 112 Å². The van der Waals surface area contributed by atoms with Crippen molar-refractivity contribution >= 4 is 14.6 Å². The second kappa shape index (κ2) is 8.07. The van der Waals surface area contributed by atoms with Crippen LogP contribution in [0.5, 0.6) is 0 Å². The van der Waals surface area contributed by atoms with Crippen LogP contribution in [0.2, 0.25) is 18.1 Å². The molecule has 0 radical (unpaired) electrons. The maximum Gasteiger partial charge on any atom is 0.192 e. The molecule has 4 atom stereocenters. The molecule has 26 heavy (non-hydrogen) atoms. The first-order chi connectivity index (χ1) is 11.6. The molecule has 1 aliphatic carbocycles. The van der Waals surface area contributed by atoms with Crippen molar-refractivity contribution in [1.29, 1.82) is 0 Å². The van der Waals surface area contributed by atoms with Crippen LogP contribution >= 0.6 is 0 Å². The second-order valence-corrected chi connectivity index (χ2v) is 16.3. The average molecular weight is 383 g/mol. The van der Waals surface area contributed by atoms with Gasteiger partial charge in [-0.3, -0.25) is 0 Å². The standard InChI is InChI=1S/C23H46O2Si/c1-17(2)20(25-26(10,11)21(4,5)6)13-12-18(3)23(9)15-14-19(16-24)22(23,7)8/h16-20H,12-15H2,1-11H3/t18-,19-,20+,23+/m0/s1. The molecule has 1 aliphatic rings. The topological polar surface area (TPSA) is 26.3 Å². The first-order valence-corrected chi connectivity index (χ1v) is 13.6. The highest BCUT2D eigenvalue weighted by Crippen LogP contribution is 2.59. The van der Waals surface area contributed by atoms with Crippen molar-refractivity contribution in [3.8, 4) is 0 Å². The quantitative estimate of drug-likeness (QED) is 0.331. The highest BCUT2D eigenvalue weighted by atomic mass is 28.4. The molecule has 0 heterocycles. The van der Waals surface area contributed by atoms with Crippen LogP contribution in [-0.2, 0) is 9.22 Å². The zero-order chi connectivity index (χ0) is 20.6. The third-order valence-corrected chi connectivity index (χ3v) is 13.0. The highest BCUT2D eigenvalue weighted by Gasteiger charge is 2.53. The van der Waals surface area contributed by atoms with Gasteiger partial charge in [-0.15, -0.1) is 0 Å². The Hall–Kier alpha value is -0.153. The second-order valence-electron chi connectivity index (χ2n) is 11.6. The van der Waals surface area contributed by atoms with Gasteiger partial charge in [0.1, 0.15) is 6.29 Å². The van der Waals surface area contributed by atoms with Gasteiger partial charge in [-0.1, -0.05) is 62.3 Å². The number of carbonyl (C=O) groups excluding carboxylic acids is 1. The van der Waals surface area contributed by atoms with Crippen LogP contribution < -0.4 is 0 Å². The van der Waals surface area contributed by atoms with Gasteiger partial charge < -0.3 is 9.22 Å². The summed E-state index contributed by atoms with van der Waals surface area (Å²) in [5.41, 5.74) is 0.318. The summed E-state index contributed by atoms with van der Waals surface area (Å²) in [7, 11) is -1.74. The van der Waals surface area contributed by atoms with E-state index in [9.17, 15) is 4.79 Å². The molecule has 0 bridgehead atoms. The predicted octanol–water partition coefficient (Wildman–Crippen LogP) is 7.09. The zero-order valence-electron chi connectivity index (χ0n) is 19.5. The van der Waals surface area contributed by atoms with Crippen LogP contribution in [0.3, 0.4) is 0 Å². The third-order valence-electron chi connectivity index (χ3n) is 8.51. The van der Waals surface area contributed by atoms with Gasteiger partial charge >= 0.3 is 0 Å². The molecule has 0 aromatic heterocycles. The lowest BCUT2D eigenvalue weighted by Gasteiger charge is -2.46. The van der Waals surface area contributed by atoms with Crippen molar-refractivity contribution in [3.05, 3.63) is 0 Å². The molecular formula is C23H46O2Si. The maximum atomic E-state index is 11.5. The Kier molecular flexibility index (Phi) is 7.41. The first-order valence-electron chi connectivity index (χ1n) is 10.7. The lowest BCUT2D eigenvalue weighted by molar-refractivity contribution is -0.115. The van der Waals surface area contributed by atoms with Gasteiger partial charge in [0, 0.05) is 12.0 Å². The Morgan fingerprint density at radius 1 is 1.12 bits per heavy atom. The van der Waals surface area contributed by atoms with Crippen LogP contribution in [0.25, 0.3) is 0 Å². The Balaban J connectivity index is 2.83. The van der Waals surface area contributed by atoms with E-state index in [1.165, 1.54) is 19.1 Å². The van der Waals surface area contributed by atoms with Gasteiger partial charge in [0.25, 0.3) is 0 Å². The molecule has 1 fully saturated rings. The van der Waals surface area contributed by atoms with Crippen molar-refractivity contribution in [2.75, 3.05) is 0 Å². The summed E-state index contributed by atoms with van der Waals surface area (Å²) in [5.74, 6) is 1.36. The Bertz CT molecular complexity index is 475. The molecule has 0 spiro atoms. The molecule has 0 saturated heterocycles. The molecule has 1 rings (SSSR count). The first kappa shape index (κ1) is 23.9. The summed E-state index contributed by atoms with van der Waals surface area (Å²) < 4.78 is 6.79. The zero-order valence-corrected chi connectivity index (χ0v) is 20.5. The number of rotatable bonds is 8. The third kappa shape index (κ3) is 4.63. The van der Waals surface area contributed by atoms with Crippen LogP contribution in [0.4, 0.5) is 0 Å². The highest BCUT2D eigenvalue weighted by molar-refractivity contribution is 6.74. The number of hydrogen-bond acceptors (Lipinski definition) is 2. The molecule has 0 aliphatic heterocycles. The largest absolute Gasteiger partial charge is 0.414 e. The monoisotopic (exact) mass is 382 g/mol. The lowest BCUT2D eigenvalue weighted by Crippen LogP contribution is -2.45. The van der Waals surface area contributed by atoms with Gasteiger partial charge in [0.05, 0.1) is 0 Å². The Morgan fingerprint density at radius 2 is 1.65 bits per heavy atom. The molecule has 0 N–H and O–H groups in total. The fraction of sp³-hybridized carbons (Fsp3) is 0.957. The lowest BCUT2D eigenvalue weighted by atomic mass is 9.59. The van der Waals surface area contributed by atoms with E-state index in [2.05, 4.69) is 75.4 Å². The van der Waals surface area contributed by atoms with Crippen LogP contribution in [0.15, 0.2) is 0 Å². The number of carbonyl (C=O) groups is 1. The molecular weight excluding hydrogens is 336 g/mol. The SMILES string of the molecule is CC(C)[C@@H](CC[C@H](C)[C@@]1(C)CC[C@@H](C=O)C1(C)C)O[Si](C)(C)C(C)(C)C. The summed E-state index contributed by atoms with van der Waals surface area (Å²) in [6.07, 6.45) is 6.07. The number of hydrogen-bond donors (Lipinski definition) is 0. The van der Waals surface area contributed by atoms with Gasteiger partial charge in [-0.05, 0) is 66.5 Å². The van der Waals surface area contributed by atoms with Gasteiger partial charge in [0.15, 0.2) is 8.32 Å². The summed E-state index contributed by atoms with van der Waals surface area (Å²) in [6, 6.07) is 0. The maximum absolute atomic E-state index is 11.5. The molecule has 1 saturated carbocycles. The molecule has 0 aromatic carbocycles. The summed E-state index contributed by atoms with van der Waals surface area (Å²) in [5, 5.41) is 0.252. The van der Waals surface area contributed by atoms with E-state index in [-0.39, 0.29) is 21.8 Å². The molecule has 2 nitrogen and oxygen atoms in total. The smallest absolute Gasteiger partial charge is 0.192 e. The normalized spacial score (nSPS) is 29.0. The van der Waals surface area contributed by atoms with E-state index < -0.39 is 8.32 Å². The van der Waals surface area contributed by atoms with Crippen LogP contribution in [0, 0.1) is 28.6 Å². The fourth-order valence-corrected chi connectivity index (χ4v) is 6.00. The van der Waals surface area contributed by atoms with E-state index in [1.54, 1.807) is 0 Å².